The number of hydrogen-bond donors (Lipinski definition) is 2. The van der Waals surface area contributed by atoms with Gasteiger partial charge in [-0.25, -0.2) is 0 Å². The second-order valence-electron chi connectivity index (χ2n) is 6.43. The molecule has 1 heterocycles. The second-order valence-corrected chi connectivity index (χ2v) is 6.84. The number of carbonyl (C=O) groups excluding carboxylic acids is 1. The molecule has 122 valence electrons. The molecule has 3 atom stereocenters. The number of benzene rings is 1. The molecule has 0 saturated carbocycles. The maximum Gasteiger partial charge on any atom is 0.241 e. The van der Waals surface area contributed by atoms with Crippen molar-refractivity contribution in [2.24, 2.45) is 5.92 Å². The Morgan fingerprint density at radius 1 is 1.45 bits per heavy atom. The summed E-state index contributed by atoms with van der Waals surface area (Å²) >= 11 is 6.24. The molecule has 1 aliphatic rings. The Balaban J connectivity index is 2.06. The van der Waals surface area contributed by atoms with Gasteiger partial charge in [0.2, 0.25) is 5.91 Å². The highest BCUT2D eigenvalue weighted by Crippen LogP contribution is 2.28. The van der Waals surface area contributed by atoms with Crippen LogP contribution in [0.4, 0.5) is 5.69 Å². The highest BCUT2D eigenvalue weighted by molar-refractivity contribution is 6.34. The molecule has 1 saturated heterocycles. The SMILES string of the molecule is Cc1cc(C)c(NC(=O)C(C)N2CCC(C)C(O)C2)c(Cl)c1. The third-order valence-electron chi connectivity index (χ3n) is 4.56. The number of halogens is 1. The molecule has 0 spiro atoms. The van der Waals surface area contributed by atoms with E-state index in [0.717, 1.165) is 24.1 Å². The van der Waals surface area contributed by atoms with Gasteiger partial charge < -0.3 is 10.4 Å². The first-order valence-corrected chi connectivity index (χ1v) is 8.17. The molecule has 1 aromatic carbocycles. The van der Waals surface area contributed by atoms with E-state index in [0.29, 0.717) is 23.2 Å². The summed E-state index contributed by atoms with van der Waals surface area (Å²) in [5.41, 5.74) is 2.70. The zero-order valence-electron chi connectivity index (χ0n) is 13.7. The van der Waals surface area contributed by atoms with Gasteiger partial charge in [0.1, 0.15) is 0 Å². The van der Waals surface area contributed by atoms with E-state index in [1.54, 1.807) is 0 Å². The van der Waals surface area contributed by atoms with Crippen molar-refractivity contribution in [2.75, 3.05) is 18.4 Å². The number of β-amino-alcohol motifs (C(OH)–C–C–N with tert-alkyl or cyclic N) is 1. The predicted octanol–water partition coefficient (Wildman–Crippen LogP) is 2.99. The summed E-state index contributed by atoms with van der Waals surface area (Å²) < 4.78 is 0. The standard InChI is InChI=1S/C17H25ClN2O2/c1-10-7-12(3)16(14(18)8-10)19-17(22)13(4)20-6-5-11(2)15(21)9-20/h7-8,11,13,15,21H,5-6,9H2,1-4H3,(H,19,22). The fourth-order valence-electron chi connectivity index (χ4n) is 2.89. The number of aliphatic hydroxyl groups excluding tert-OH is 1. The van der Waals surface area contributed by atoms with E-state index in [1.807, 2.05) is 44.7 Å². The molecule has 1 aliphatic heterocycles. The first kappa shape index (κ1) is 17.3. The average Bonchev–Trinajstić information content (AvgIpc) is 2.44. The van der Waals surface area contributed by atoms with Gasteiger partial charge in [-0.2, -0.15) is 0 Å². The van der Waals surface area contributed by atoms with Crippen LogP contribution in [-0.4, -0.2) is 41.1 Å². The Hall–Kier alpha value is -1.10. The lowest BCUT2D eigenvalue weighted by Crippen LogP contribution is -2.50. The molecule has 0 aromatic heterocycles. The number of aliphatic hydroxyl groups is 1. The number of amides is 1. The van der Waals surface area contributed by atoms with Crippen LogP contribution in [0.5, 0.6) is 0 Å². The minimum Gasteiger partial charge on any atom is -0.392 e. The van der Waals surface area contributed by atoms with Gasteiger partial charge in [-0.3, -0.25) is 9.69 Å². The summed E-state index contributed by atoms with van der Waals surface area (Å²) in [7, 11) is 0. The van der Waals surface area contributed by atoms with Crippen LogP contribution in [-0.2, 0) is 4.79 Å². The molecule has 0 bridgehead atoms. The topological polar surface area (TPSA) is 52.6 Å². The molecule has 0 radical (unpaired) electrons. The Labute approximate surface area is 137 Å². The Morgan fingerprint density at radius 2 is 2.14 bits per heavy atom. The number of hydrogen-bond acceptors (Lipinski definition) is 3. The molecule has 1 aromatic rings. The number of nitrogens with zero attached hydrogens (tertiary/aromatic N) is 1. The molecule has 4 nitrogen and oxygen atoms in total. The largest absolute Gasteiger partial charge is 0.392 e. The third kappa shape index (κ3) is 3.80. The van der Waals surface area contributed by atoms with Crippen LogP contribution in [0.25, 0.3) is 0 Å². The summed E-state index contributed by atoms with van der Waals surface area (Å²) in [5, 5.41) is 13.5. The summed E-state index contributed by atoms with van der Waals surface area (Å²) in [6, 6.07) is 3.55. The normalized spacial score (nSPS) is 24.1. The summed E-state index contributed by atoms with van der Waals surface area (Å²) in [5.74, 6) is 0.205. The smallest absolute Gasteiger partial charge is 0.241 e. The monoisotopic (exact) mass is 324 g/mol. The third-order valence-corrected chi connectivity index (χ3v) is 4.86. The van der Waals surface area contributed by atoms with Crippen molar-refractivity contribution in [3.63, 3.8) is 0 Å². The van der Waals surface area contributed by atoms with Crippen LogP contribution in [0.15, 0.2) is 12.1 Å². The van der Waals surface area contributed by atoms with Crippen molar-refractivity contribution in [1.82, 2.24) is 4.90 Å². The molecule has 1 amide bonds. The first-order valence-electron chi connectivity index (χ1n) is 7.79. The highest BCUT2D eigenvalue weighted by Gasteiger charge is 2.30. The zero-order valence-corrected chi connectivity index (χ0v) is 14.4. The number of likely N-dealkylation sites (tertiary alicyclic amines) is 1. The lowest BCUT2D eigenvalue weighted by atomic mass is 9.95. The highest BCUT2D eigenvalue weighted by atomic mass is 35.5. The molecule has 3 unspecified atom stereocenters. The van der Waals surface area contributed by atoms with Gasteiger partial charge in [0.25, 0.3) is 0 Å². The van der Waals surface area contributed by atoms with Crippen molar-refractivity contribution >= 4 is 23.2 Å². The molecule has 2 rings (SSSR count). The van der Waals surface area contributed by atoms with Gasteiger partial charge in [0.05, 0.1) is 22.9 Å². The van der Waals surface area contributed by atoms with Crippen LogP contribution in [0.3, 0.4) is 0 Å². The lowest BCUT2D eigenvalue weighted by molar-refractivity contribution is -0.122. The minimum absolute atomic E-state index is 0.0874. The van der Waals surface area contributed by atoms with Crippen molar-refractivity contribution in [3.8, 4) is 0 Å². The molecule has 0 aliphatic carbocycles. The summed E-state index contributed by atoms with van der Waals surface area (Å²) in [6.07, 6.45) is 0.539. The van der Waals surface area contributed by atoms with E-state index in [2.05, 4.69) is 5.32 Å². The number of nitrogens with one attached hydrogen (secondary N) is 1. The predicted molar refractivity (Wildman–Crippen MR) is 90.4 cm³/mol. The maximum absolute atomic E-state index is 12.5. The number of rotatable bonds is 3. The molecular formula is C17H25ClN2O2. The summed E-state index contributed by atoms with van der Waals surface area (Å²) in [6.45, 7) is 9.19. The van der Waals surface area contributed by atoms with Crippen LogP contribution in [0, 0.1) is 19.8 Å². The van der Waals surface area contributed by atoms with Crippen molar-refractivity contribution in [1.29, 1.82) is 0 Å². The Bertz CT molecular complexity index is 539. The molecule has 5 heteroatoms. The minimum atomic E-state index is -0.367. The van der Waals surface area contributed by atoms with E-state index in [-0.39, 0.29) is 18.1 Å². The fourth-order valence-corrected chi connectivity index (χ4v) is 3.26. The van der Waals surface area contributed by atoms with Gasteiger partial charge in [0.15, 0.2) is 0 Å². The van der Waals surface area contributed by atoms with Gasteiger partial charge in [-0.15, -0.1) is 0 Å². The molecule has 22 heavy (non-hydrogen) atoms. The fraction of sp³-hybridized carbons (Fsp3) is 0.588. The number of anilines is 1. The molecule has 2 N–H and O–H groups in total. The van der Waals surface area contributed by atoms with Crippen molar-refractivity contribution in [3.05, 3.63) is 28.3 Å². The Morgan fingerprint density at radius 3 is 2.73 bits per heavy atom. The second kappa shape index (κ2) is 6.99. The average molecular weight is 325 g/mol. The Kier molecular flexibility index (Phi) is 5.48. The quantitative estimate of drug-likeness (QED) is 0.898. The van der Waals surface area contributed by atoms with Crippen LogP contribution >= 0.6 is 11.6 Å². The van der Waals surface area contributed by atoms with Gasteiger partial charge in [-0.1, -0.05) is 24.6 Å². The maximum atomic E-state index is 12.5. The van der Waals surface area contributed by atoms with E-state index in [4.69, 9.17) is 11.6 Å². The molecular weight excluding hydrogens is 300 g/mol. The van der Waals surface area contributed by atoms with E-state index >= 15 is 0 Å². The lowest BCUT2D eigenvalue weighted by Gasteiger charge is -2.37. The van der Waals surface area contributed by atoms with Crippen LogP contribution < -0.4 is 5.32 Å². The van der Waals surface area contributed by atoms with Gasteiger partial charge in [-0.05, 0) is 56.8 Å². The first-order chi connectivity index (χ1) is 10.3. The van der Waals surface area contributed by atoms with Crippen molar-refractivity contribution < 1.29 is 9.90 Å². The van der Waals surface area contributed by atoms with E-state index in [9.17, 15) is 9.90 Å². The van der Waals surface area contributed by atoms with Gasteiger partial charge in [0, 0.05) is 6.54 Å². The number of aryl methyl sites for hydroxylation is 2. The van der Waals surface area contributed by atoms with Crippen LogP contribution in [0.1, 0.15) is 31.4 Å². The van der Waals surface area contributed by atoms with Gasteiger partial charge >= 0.3 is 0 Å². The molecule has 1 fully saturated rings. The van der Waals surface area contributed by atoms with Crippen LogP contribution in [0.2, 0.25) is 5.02 Å². The zero-order chi connectivity index (χ0) is 16.4. The van der Waals surface area contributed by atoms with E-state index in [1.165, 1.54) is 0 Å². The summed E-state index contributed by atoms with van der Waals surface area (Å²) in [4.78, 5) is 14.5. The van der Waals surface area contributed by atoms with E-state index < -0.39 is 0 Å². The number of carbonyl (C=O) groups is 1. The van der Waals surface area contributed by atoms with Crippen molar-refractivity contribution in [2.45, 2.75) is 46.3 Å². The number of piperidine rings is 1.